The van der Waals surface area contributed by atoms with Crippen molar-refractivity contribution in [3.63, 3.8) is 0 Å². The summed E-state index contributed by atoms with van der Waals surface area (Å²) in [6, 6.07) is 14.2. The minimum absolute atomic E-state index is 0.0188. The number of nitrogens with zero attached hydrogens (tertiary/aromatic N) is 4. The first-order valence-corrected chi connectivity index (χ1v) is 13.1. The molecule has 5 rings (SSSR count). The van der Waals surface area contributed by atoms with Crippen LogP contribution in [0.1, 0.15) is 18.1 Å². The van der Waals surface area contributed by atoms with Crippen LogP contribution in [0.15, 0.2) is 71.1 Å². The number of allylic oxidation sites excluding steroid dienone is 2. The van der Waals surface area contributed by atoms with Gasteiger partial charge in [-0.15, -0.1) is 0 Å². The molecule has 204 valence electrons. The SMILES string of the molecule is [C-]#[N+]C([N+]#[C-])=C1Cc2c(-c3cccc(F)c3)c3c(c(-c4cccc(F)c4)c2=C1C)CC(=C(C#N)C#N)C=3SC(F)(F)F. The van der Waals surface area contributed by atoms with Gasteiger partial charge in [-0.05, 0) is 99.1 Å². The lowest BCUT2D eigenvalue weighted by atomic mass is 9.87. The normalized spacial score (nSPS) is 13.6. The van der Waals surface area contributed by atoms with Gasteiger partial charge in [-0.25, -0.2) is 8.78 Å². The molecule has 42 heavy (non-hydrogen) atoms. The summed E-state index contributed by atoms with van der Waals surface area (Å²) in [4.78, 5) is 6.33. The van der Waals surface area contributed by atoms with Crippen LogP contribution in [-0.4, -0.2) is 5.51 Å². The highest BCUT2D eigenvalue weighted by Gasteiger charge is 2.39. The van der Waals surface area contributed by atoms with Crippen LogP contribution in [0.2, 0.25) is 0 Å². The summed E-state index contributed by atoms with van der Waals surface area (Å²) in [7, 11) is 0. The lowest BCUT2D eigenvalue weighted by molar-refractivity contribution is -0.0318. The van der Waals surface area contributed by atoms with Gasteiger partial charge in [0.15, 0.2) is 0 Å². The number of benzene rings is 3. The summed E-state index contributed by atoms with van der Waals surface area (Å²) in [6.07, 6.45) is -0.272. The Morgan fingerprint density at radius 2 is 1.33 bits per heavy atom. The van der Waals surface area contributed by atoms with Gasteiger partial charge in [0, 0.05) is 16.5 Å². The van der Waals surface area contributed by atoms with Gasteiger partial charge in [-0.1, -0.05) is 24.3 Å². The van der Waals surface area contributed by atoms with Gasteiger partial charge in [0.2, 0.25) is 0 Å². The number of alkyl halides is 3. The summed E-state index contributed by atoms with van der Waals surface area (Å²) >= 11 is -0.470. The topological polar surface area (TPSA) is 56.3 Å². The predicted octanol–water partition coefficient (Wildman–Crippen LogP) is 7.34. The molecule has 10 heteroatoms. The number of rotatable bonds is 3. The molecule has 0 aromatic heterocycles. The van der Waals surface area contributed by atoms with Crippen molar-refractivity contribution >= 4 is 22.2 Å². The van der Waals surface area contributed by atoms with E-state index in [9.17, 15) is 32.5 Å². The average molecular weight is 583 g/mol. The van der Waals surface area contributed by atoms with E-state index in [0.717, 1.165) is 0 Å². The molecule has 3 aromatic rings. The van der Waals surface area contributed by atoms with Gasteiger partial charge in [-0.3, -0.25) is 0 Å². The lowest BCUT2D eigenvalue weighted by Crippen LogP contribution is -2.24. The van der Waals surface area contributed by atoms with Crippen molar-refractivity contribution in [2.45, 2.75) is 25.3 Å². The van der Waals surface area contributed by atoms with Crippen LogP contribution in [0.25, 0.3) is 42.4 Å². The van der Waals surface area contributed by atoms with Crippen molar-refractivity contribution in [2.24, 2.45) is 0 Å². The Hall–Kier alpha value is -5.16. The third-order valence-corrected chi connectivity index (χ3v) is 8.08. The van der Waals surface area contributed by atoms with E-state index in [2.05, 4.69) is 9.69 Å². The first kappa shape index (κ1) is 28.4. The van der Waals surface area contributed by atoms with Crippen LogP contribution in [0, 0.1) is 47.4 Å². The molecule has 0 saturated carbocycles. The van der Waals surface area contributed by atoms with Crippen LogP contribution < -0.4 is 10.4 Å². The Balaban J connectivity index is 2.14. The summed E-state index contributed by atoms with van der Waals surface area (Å²) in [6.45, 7) is 16.7. The molecule has 0 heterocycles. The van der Waals surface area contributed by atoms with Crippen molar-refractivity contribution in [2.75, 3.05) is 0 Å². The van der Waals surface area contributed by atoms with Crippen LogP contribution >= 0.6 is 11.8 Å². The summed E-state index contributed by atoms with van der Waals surface area (Å²) in [5.74, 6) is -1.46. The molecule has 0 aliphatic heterocycles. The Bertz CT molecular complexity index is 2050. The molecular weight excluding hydrogens is 567 g/mol. The van der Waals surface area contributed by atoms with Gasteiger partial charge in [0.05, 0.1) is 5.57 Å². The molecule has 0 amide bonds. The number of nitriles is 2. The number of hydrogen-bond donors (Lipinski definition) is 0. The van der Waals surface area contributed by atoms with E-state index in [0.29, 0.717) is 38.6 Å². The smallest absolute Gasteiger partial charge is 0.207 e. The largest absolute Gasteiger partial charge is 0.523 e. The van der Waals surface area contributed by atoms with E-state index in [-0.39, 0.29) is 45.5 Å². The zero-order valence-corrected chi connectivity index (χ0v) is 22.4. The second kappa shape index (κ2) is 10.7. The summed E-state index contributed by atoms with van der Waals surface area (Å²) in [5.41, 5.74) is -2.66. The van der Waals surface area contributed by atoms with Crippen LogP contribution in [0.3, 0.4) is 0 Å². The summed E-state index contributed by atoms with van der Waals surface area (Å²) < 4.78 is 71.4. The average Bonchev–Trinajstić information content (AvgIpc) is 3.46. The van der Waals surface area contributed by atoms with E-state index in [4.69, 9.17) is 13.1 Å². The maximum absolute atomic E-state index is 14.6. The molecule has 0 unspecified atom stereocenters. The predicted molar refractivity (Wildman–Crippen MR) is 149 cm³/mol. The highest BCUT2D eigenvalue weighted by Crippen LogP contribution is 2.47. The van der Waals surface area contributed by atoms with E-state index < -0.39 is 34.5 Å². The Labute approximate surface area is 241 Å². The Morgan fingerprint density at radius 1 is 0.833 bits per heavy atom. The van der Waals surface area contributed by atoms with Crippen LogP contribution in [0.4, 0.5) is 22.0 Å². The minimum atomic E-state index is -4.82. The summed E-state index contributed by atoms with van der Waals surface area (Å²) in [5, 5.41) is 19.9. The molecule has 0 saturated heterocycles. The molecule has 4 nitrogen and oxygen atoms in total. The standard InChI is InChI=1S/C32H15F5N4S/c1-16-22(31(40-2)41-3)12-24-26(16)27(17-6-4-8-20(33)10-17)25-13-23(19(14-38)15-39)30(42-32(35,36)37)29(25)28(24)18-7-5-9-21(34)11-18/h4-11H,12-13H2,1H3. The molecule has 2 aliphatic rings. The third kappa shape index (κ3) is 4.73. The molecule has 0 spiro atoms. The quantitative estimate of drug-likeness (QED) is 0.185. The van der Waals surface area contributed by atoms with Gasteiger partial charge in [-0.2, -0.15) is 33.4 Å². The molecule has 0 fully saturated rings. The fraction of sp³-hybridized carbons (Fsp3) is 0.125. The molecule has 0 radical (unpaired) electrons. The van der Waals surface area contributed by atoms with Crippen molar-refractivity contribution in [1.82, 2.24) is 0 Å². The zero-order valence-electron chi connectivity index (χ0n) is 21.6. The highest BCUT2D eigenvalue weighted by molar-refractivity contribution is 8.09. The van der Waals surface area contributed by atoms with Crippen molar-refractivity contribution in [3.8, 4) is 34.4 Å². The second-order valence-corrected chi connectivity index (χ2v) is 10.5. The number of halogens is 5. The van der Waals surface area contributed by atoms with Crippen LogP contribution in [-0.2, 0) is 12.8 Å². The fourth-order valence-corrected chi connectivity index (χ4v) is 6.52. The van der Waals surface area contributed by atoms with Gasteiger partial charge in [0.25, 0.3) is 0 Å². The minimum Gasteiger partial charge on any atom is -0.207 e. The van der Waals surface area contributed by atoms with Crippen LogP contribution in [0.5, 0.6) is 0 Å². The third-order valence-electron chi connectivity index (χ3n) is 7.19. The fourth-order valence-electron chi connectivity index (χ4n) is 5.66. The number of hydrogen-bond acceptors (Lipinski definition) is 3. The van der Waals surface area contributed by atoms with Crippen molar-refractivity contribution in [3.05, 3.63) is 127 Å². The molecule has 2 aliphatic carbocycles. The van der Waals surface area contributed by atoms with Gasteiger partial charge < -0.3 is 0 Å². The Kier molecular flexibility index (Phi) is 7.21. The molecule has 3 aromatic carbocycles. The first-order valence-electron chi connectivity index (χ1n) is 12.3. The molecule has 0 N–H and O–H groups in total. The first-order chi connectivity index (χ1) is 20.0. The maximum atomic E-state index is 14.6. The van der Waals surface area contributed by atoms with E-state index in [1.165, 1.54) is 42.5 Å². The van der Waals surface area contributed by atoms with Gasteiger partial charge >= 0.3 is 11.3 Å². The van der Waals surface area contributed by atoms with E-state index in [1.807, 2.05) is 0 Å². The van der Waals surface area contributed by atoms with Crippen molar-refractivity contribution in [1.29, 1.82) is 10.5 Å². The Morgan fingerprint density at radius 3 is 1.81 bits per heavy atom. The highest BCUT2D eigenvalue weighted by atomic mass is 32.2. The zero-order chi connectivity index (χ0) is 30.3. The molecule has 0 atom stereocenters. The monoisotopic (exact) mass is 582 g/mol. The number of thioether (sulfide) groups is 1. The van der Waals surface area contributed by atoms with E-state index >= 15 is 0 Å². The maximum Gasteiger partial charge on any atom is 0.523 e. The molecular formula is C32H15F5N4S. The second-order valence-electron chi connectivity index (χ2n) is 9.44. The number of fused-ring (bicyclic) bond motifs is 2. The molecule has 0 bridgehead atoms. The lowest BCUT2D eigenvalue weighted by Gasteiger charge is -2.17. The van der Waals surface area contributed by atoms with E-state index in [1.54, 1.807) is 25.1 Å². The van der Waals surface area contributed by atoms with Gasteiger partial charge in [0.1, 0.15) is 42.5 Å². The van der Waals surface area contributed by atoms with Crippen molar-refractivity contribution < 1.29 is 22.0 Å².